The Kier molecular flexibility index (Phi) is 7.27. The minimum atomic E-state index is -0.364. The molecule has 0 aliphatic carbocycles. The monoisotopic (exact) mass is 382 g/mol. The Hall–Kier alpha value is -3.68. The minimum Gasteiger partial charge on any atom is -0.497 e. The topological polar surface area (TPSA) is 101 Å². The molecule has 0 radical (unpaired) electrons. The van der Waals surface area contributed by atoms with Gasteiger partial charge in [-0.1, -0.05) is 0 Å². The molecule has 0 heterocycles. The summed E-state index contributed by atoms with van der Waals surface area (Å²) in [6, 6.07) is 13.3. The number of methoxy groups -OCH3 is 2. The number of amides is 2. The standard InChI is InChI=1S/C20H22N4O4/c1-13(21-23-19(25)15-5-9-17(27-3)10-6-15)14(2)22-24-20(26)16-7-11-18(28-4)12-8-16/h5-12H,1-4H3,(H,23,25)(H,24,26)/b21-13+,22-14+. The zero-order valence-corrected chi connectivity index (χ0v) is 16.1. The summed E-state index contributed by atoms with van der Waals surface area (Å²) < 4.78 is 10.1. The minimum absolute atomic E-state index is 0.364. The molecule has 0 fully saturated rings. The van der Waals surface area contributed by atoms with Crippen molar-refractivity contribution in [3.05, 3.63) is 59.7 Å². The molecule has 2 amide bonds. The van der Waals surface area contributed by atoms with Gasteiger partial charge in [-0.05, 0) is 62.4 Å². The van der Waals surface area contributed by atoms with Gasteiger partial charge in [-0.25, -0.2) is 10.9 Å². The maximum Gasteiger partial charge on any atom is 0.271 e. The Morgan fingerprint density at radius 1 is 0.679 bits per heavy atom. The van der Waals surface area contributed by atoms with E-state index in [4.69, 9.17) is 9.47 Å². The van der Waals surface area contributed by atoms with E-state index in [9.17, 15) is 9.59 Å². The number of carbonyl (C=O) groups is 2. The number of ether oxygens (including phenoxy) is 2. The highest BCUT2D eigenvalue weighted by atomic mass is 16.5. The number of nitrogens with one attached hydrogen (secondary N) is 2. The van der Waals surface area contributed by atoms with E-state index in [1.807, 2.05) is 0 Å². The molecule has 8 heteroatoms. The van der Waals surface area contributed by atoms with Gasteiger partial charge in [0, 0.05) is 11.1 Å². The second-order valence-electron chi connectivity index (χ2n) is 5.73. The van der Waals surface area contributed by atoms with Crippen molar-refractivity contribution in [2.45, 2.75) is 13.8 Å². The van der Waals surface area contributed by atoms with Crippen LogP contribution in [0.15, 0.2) is 58.7 Å². The Morgan fingerprint density at radius 2 is 1.00 bits per heavy atom. The van der Waals surface area contributed by atoms with Gasteiger partial charge in [0.15, 0.2) is 0 Å². The molecular formula is C20H22N4O4. The molecule has 0 saturated heterocycles. The molecule has 146 valence electrons. The smallest absolute Gasteiger partial charge is 0.271 e. The van der Waals surface area contributed by atoms with Gasteiger partial charge in [-0.3, -0.25) is 9.59 Å². The quantitative estimate of drug-likeness (QED) is 0.568. The van der Waals surface area contributed by atoms with E-state index in [0.717, 1.165) is 0 Å². The Labute approximate surface area is 163 Å². The van der Waals surface area contributed by atoms with Crippen molar-refractivity contribution in [2.24, 2.45) is 10.2 Å². The van der Waals surface area contributed by atoms with E-state index in [1.165, 1.54) is 0 Å². The average molecular weight is 382 g/mol. The summed E-state index contributed by atoms with van der Waals surface area (Å²) in [5.74, 6) is 0.591. The van der Waals surface area contributed by atoms with Crippen LogP contribution in [0.3, 0.4) is 0 Å². The first-order chi connectivity index (χ1) is 13.4. The highest BCUT2D eigenvalue weighted by molar-refractivity contribution is 6.40. The normalized spacial score (nSPS) is 11.6. The van der Waals surface area contributed by atoms with Crippen LogP contribution in [0.4, 0.5) is 0 Å². The lowest BCUT2D eigenvalue weighted by Gasteiger charge is -2.05. The summed E-state index contributed by atoms with van der Waals surface area (Å²) in [5.41, 5.74) is 6.70. The van der Waals surface area contributed by atoms with Crippen LogP contribution in [0.1, 0.15) is 34.6 Å². The van der Waals surface area contributed by atoms with Crippen molar-refractivity contribution < 1.29 is 19.1 Å². The van der Waals surface area contributed by atoms with E-state index in [1.54, 1.807) is 76.6 Å². The molecular weight excluding hydrogens is 360 g/mol. The zero-order valence-electron chi connectivity index (χ0n) is 16.1. The predicted molar refractivity (Wildman–Crippen MR) is 107 cm³/mol. The second kappa shape index (κ2) is 9.86. The van der Waals surface area contributed by atoms with Crippen LogP contribution in [-0.4, -0.2) is 37.5 Å². The number of benzene rings is 2. The van der Waals surface area contributed by atoms with Crippen molar-refractivity contribution in [1.29, 1.82) is 0 Å². The van der Waals surface area contributed by atoms with Gasteiger partial charge in [-0.15, -0.1) is 0 Å². The molecule has 0 spiro atoms. The SMILES string of the molecule is COc1ccc(C(=O)N/N=C(C)/C(C)=N/NC(=O)c2ccc(OC)cc2)cc1. The highest BCUT2D eigenvalue weighted by Gasteiger charge is 2.07. The first-order valence-corrected chi connectivity index (χ1v) is 8.42. The van der Waals surface area contributed by atoms with Gasteiger partial charge in [-0.2, -0.15) is 10.2 Å². The first kappa shape index (κ1) is 20.6. The van der Waals surface area contributed by atoms with E-state index >= 15 is 0 Å². The zero-order chi connectivity index (χ0) is 20.5. The van der Waals surface area contributed by atoms with Crippen LogP contribution in [0.25, 0.3) is 0 Å². The fraction of sp³-hybridized carbons (Fsp3) is 0.200. The van der Waals surface area contributed by atoms with E-state index in [0.29, 0.717) is 34.0 Å². The largest absolute Gasteiger partial charge is 0.497 e. The molecule has 8 nitrogen and oxygen atoms in total. The molecule has 0 saturated carbocycles. The van der Waals surface area contributed by atoms with Gasteiger partial charge in [0.05, 0.1) is 25.6 Å². The number of carbonyl (C=O) groups excluding carboxylic acids is 2. The number of nitrogens with zero attached hydrogens (tertiary/aromatic N) is 2. The molecule has 0 bridgehead atoms. The van der Waals surface area contributed by atoms with E-state index in [-0.39, 0.29) is 11.8 Å². The lowest BCUT2D eigenvalue weighted by atomic mass is 10.2. The molecule has 0 unspecified atom stereocenters. The summed E-state index contributed by atoms with van der Waals surface area (Å²) >= 11 is 0. The average Bonchev–Trinajstić information content (AvgIpc) is 2.75. The maximum atomic E-state index is 12.1. The number of hydrazone groups is 2. The van der Waals surface area contributed by atoms with Crippen LogP contribution in [-0.2, 0) is 0 Å². The van der Waals surface area contributed by atoms with Crippen LogP contribution in [0.2, 0.25) is 0 Å². The third-order valence-corrected chi connectivity index (χ3v) is 3.88. The van der Waals surface area contributed by atoms with Crippen molar-refractivity contribution in [3.8, 4) is 11.5 Å². The molecule has 2 aromatic rings. The number of rotatable bonds is 7. The summed E-state index contributed by atoms with van der Waals surface area (Å²) in [5, 5.41) is 8.01. The maximum absolute atomic E-state index is 12.1. The highest BCUT2D eigenvalue weighted by Crippen LogP contribution is 2.12. The molecule has 2 N–H and O–H groups in total. The van der Waals surface area contributed by atoms with Crippen LogP contribution in [0.5, 0.6) is 11.5 Å². The molecule has 2 aromatic carbocycles. The number of hydrogen-bond acceptors (Lipinski definition) is 6. The molecule has 28 heavy (non-hydrogen) atoms. The van der Waals surface area contributed by atoms with Crippen molar-refractivity contribution in [2.75, 3.05) is 14.2 Å². The predicted octanol–water partition coefficient (Wildman–Crippen LogP) is 2.62. The summed E-state index contributed by atoms with van der Waals surface area (Å²) in [6.07, 6.45) is 0. The fourth-order valence-electron chi connectivity index (χ4n) is 2.04. The van der Waals surface area contributed by atoms with Crippen LogP contribution in [0, 0.1) is 0 Å². The summed E-state index contributed by atoms with van der Waals surface area (Å²) in [7, 11) is 3.11. The first-order valence-electron chi connectivity index (χ1n) is 8.42. The fourth-order valence-corrected chi connectivity index (χ4v) is 2.04. The lowest BCUT2D eigenvalue weighted by Crippen LogP contribution is -2.24. The lowest BCUT2D eigenvalue weighted by molar-refractivity contribution is 0.0946. The van der Waals surface area contributed by atoms with Gasteiger partial charge < -0.3 is 9.47 Å². The van der Waals surface area contributed by atoms with Gasteiger partial charge in [0.25, 0.3) is 11.8 Å². The van der Waals surface area contributed by atoms with Gasteiger partial charge in [0.2, 0.25) is 0 Å². The van der Waals surface area contributed by atoms with Crippen LogP contribution >= 0.6 is 0 Å². The van der Waals surface area contributed by atoms with E-state index < -0.39 is 0 Å². The Balaban J connectivity index is 1.94. The summed E-state index contributed by atoms with van der Waals surface area (Å²) in [6.45, 7) is 3.35. The number of hydrogen-bond donors (Lipinski definition) is 2. The molecule has 2 rings (SSSR count). The Bertz CT molecular complexity index is 812. The summed E-state index contributed by atoms with van der Waals surface area (Å²) in [4.78, 5) is 24.2. The molecule has 0 atom stereocenters. The second-order valence-corrected chi connectivity index (χ2v) is 5.73. The van der Waals surface area contributed by atoms with Crippen LogP contribution < -0.4 is 20.3 Å². The van der Waals surface area contributed by atoms with Crippen molar-refractivity contribution in [3.63, 3.8) is 0 Å². The van der Waals surface area contributed by atoms with E-state index in [2.05, 4.69) is 21.1 Å². The van der Waals surface area contributed by atoms with Gasteiger partial charge >= 0.3 is 0 Å². The van der Waals surface area contributed by atoms with Crippen molar-refractivity contribution in [1.82, 2.24) is 10.9 Å². The Morgan fingerprint density at radius 3 is 1.29 bits per heavy atom. The van der Waals surface area contributed by atoms with Crippen molar-refractivity contribution >= 4 is 23.2 Å². The third kappa shape index (κ3) is 5.66. The molecule has 0 aliphatic heterocycles. The molecule has 0 aliphatic rings. The van der Waals surface area contributed by atoms with Gasteiger partial charge in [0.1, 0.15) is 11.5 Å². The molecule has 0 aromatic heterocycles. The third-order valence-electron chi connectivity index (χ3n) is 3.88.